The number of hydrogen-bond donors (Lipinski definition) is 1. The number of nitrogens with zero attached hydrogens (tertiary/aromatic N) is 2. The summed E-state index contributed by atoms with van der Waals surface area (Å²) in [6, 6.07) is 3.37. The third-order valence-corrected chi connectivity index (χ3v) is 3.62. The van der Waals surface area contributed by atoms with Gasteiger partial charge in [-0.25, -0.2) is 0 Å². The van der Waals surface area contributed by atoms with E-state index in [2.05, 4.69) is 5.32 Å². The van der Waals surface area contributed by atoms with Crippen molar-refractivity contribution in [2.24, 2.45) is 0 Å². The second kappa shape index (κ2) is 7.17. The summed E-state index contributed by atoms with van der Waals surface area (Å²) >= 11 is 0. The van der Waals surface area contributed by atoms with Crippen LogP contribution >= 0.6 is 0 Å². The molecular formula is C14H18FN3O4. The molecular weight excluding hydrogens is 293 g/mol. The lowest BCUT2D eigenvalue weighted by Crippen LogP contribution is -2.43. The SMILES string of the molecule is CNCC1CCCN1C(=O)COc1ccc([N+](=O)[O-])c(F)c1. The van der Waals surface area contributed by atoms with Crippen LogP contribution in [0.4, 0.5) is 10.1 Å². The Kier molecular flexibility index (Phi) is 5.26. The molecule has 120 valence electrons. The van der Waals surface area contributed by atoms with Gasteiger partial charge in [0.1, 0.15) is 5.75 Å². The Labute approximate surface area is 127 Å². The molecule has 2 rings (SSSR count). The minimum absolute atomic E-state index is 0.0980. The summed E-state index contributed by atoms with van der Waals surface area (Å²) in [6.07, 6.45) is 1.89. The van der Waals surface area contributed by atoms with Gasteiger partial charge < -0.3 is 15.0 Å². The van der Waals surface area contributed by atoms with E-state index >= 15 is 0 Å². The van der Waals surface area contributed by atoms with Gasteiger partial charge >= 0.3 is 5.69 Å². The number of rotatable bonds is 6. The number of hydrogen-bond acceptors (Lipinski definition) is 5. The van der Waals surface area contributed by atoms with Crippen LogP contribution in [0.25, 0.3) is 0 Å². The molecule has 8 heteroatoms. The molecule has 1 aromatic rings. The van der Waals surface area contributed by atoms with Gasteiger partial charge in [-0.05, 0) is 26.0 Å². The molecule has 1 atom stereocenters. The molecule has 0 aliphatic carbocycles. The number of benzene rings is 1. The zero-order valence-electron chi connectivity index (χ0n) is 12.3. The summed E-state index contributed by atoms with van der Waals surface area (Å²) in [4.78, 5) is 23.6. The van der Waals surface area contributed by atoms with Gasteiger partial charge in [-0.3, -0.25) is 14.9 Å². The monoisotopic (exact) mass is 311 g/mol. The first-order chi connectivity index (χ1) is 10.5. The van der Waals surface area contributed by atoms with Gasteiger partial charge in [0.2, 0.25) is 5.82 Å². The average Bonchev–Trinajstić information content (AvgIpc) is 2.93. The highest BCUT2D eigenvalue weighted by atomic mass is 19.1. The van der Waals surface area contributed by atoms with Gasteiger partial charge in [0.05, 0.1) is 4.92 Å². The molecule has 0 radical (unpaired) electrons. The first-order valence-corrected chi connectivity index (χ1v) is 7.03. The molecule has 0 bridgehead atoms. The lowest BCUT2D eigenvalue weighted by Gasteiger charge is -2.24. The minimum atomic E-state index is -0.982. The van der Waals surface area contributed by atoms with Crippen LogP contribution in [-0.4, -0.2) is 48.5 Å². The summed E-state index contributed by atoms with van der Waals surface area (Å²) in [6.45, 7) is 1.19. The maximum absolute atomic E-state index is 13.5. The number of halogens is 1. The lowest BCUT2D eigenvalue weighted by atomic mass is 10.2. The summed E-state index contributed by atoms with van der Waals surface area (Å²) in [5.41, 5.74) is -0.618. The van der Waals surface area contributed by atoms with Gasteiger partial charge in [0.15, 0.2) is 6.61 Å². The second-order valence-electron chi connectivity index (χ2n) is 5.10. The van der Waals surface area contributed by atoms with E-state index < -0.39 is 16.4 Å². The second-order valence-corrected chi connectivity index (χ2v) is 5.10. The van der Waals surface area contributed by atoms with Crippen LogP contribution in [0.5, 0.6) is 5.75 Å². The van der Waals surface area contributed by atoms with E-state index in [1.807, 2.05) is 7.05 Å². The Morgan fingerprint density at radius 3 is 3.00 bits per heavy atom. The van der Waals surface area contributed by atoms with Crippen LogP contribution < -0.4 is 10.1 Å². The highest BCUT2D eigenvalue weighted by Crippen LogP contribution is 2.23. The Morgan fingerprint density at radius 2 is 2.36 bits per heavy atom. The van der Waals surface area contributed by atoms with Crippen molar-refractivity contribution in [3.05, 3.63) is 34.1 Å². The molecule has 0 aromatic heterocycles. The maximum Gasteiger partial charge on any atom is 0.305 e. The predicted octanol–water partition coefficient (Wildman–Crippen LogP) is 1.32. The normalized spacial score (nSPS) is 17.5. The fraction of sp³-hybridized carbons (Fsp3) is 0.500. The smallest absolute Gasteiger partial charge is 0.305 e. The van der Waals surface area contributed by atoms with E-state index in [0.29, 0.717) is 6.54 Å². The van der Waals surface area contributed by atoms with Crippen molar-refractivity contribution in [3.63, 3.8) is 0 Å². The summed E-state index contributed by atoms with van der Waals surface area (Å²) in [7, 11) is 1.83. The van der Waals surface area contributed by atoms with Crippen molar-refractivity contribution in [2.75, 3.05) is 26.7 Å². The molecule has 1 saturated heterocycles. The van der Waals surface area contributed by atoms with Gasteiger partial charge in [0.25, 0.3) is 5.91 Å². The standard InChI is InChI=1S/C14H18FN3O4/c1-16-8-10-3-2-6-17(10)14(19)9-22-11-4-5-13(18(20)21)12(15)7-11/h4-5,7,10,16H,2-3,6,8-9H2,1H3. The average molecular weight is 311 g/mol. The molecule has 1 fully saturated rings. The van der Waals surface area contributed by atoms with Crippen LogP contribution in [0.1, 0.15) is 12.8 Å². The summed E-state index contributed by atoms with van der Waals surface area (Å²) in [5.74, 6) is -1.05. The van der Waals surface area contributed by atoms with Gasteiger partial charge in [-0.1, -0.05) is 0 Å². The molecule has 1 N–H and O–H groups in total. The molecule has 1 unspecified atom stereocenters. The van der Waals surface area contributed by atoms with E-state index in [-0.39, 0.29) is 24.3 Å². The van der Waals surface area contributed by atoms with E-state index in [4.69, 9.17) is 4.74 Å². The first kappa shape index (κ1) is 16.2. The molecule has 22 heavy (non-hydrogen) atoms. The number of likely N-dealkylation sites (N-methyl/N-ethyl adjacent to an activating group) is 1. The number of nitro benzene ring substituents is 1. The number of carbonyl (C=O) groups excluding carboxylic acids is 1. The number of ether oxygens (including phenoxy) is 1. The zero-order chi connectivity index (χ0) is 16.1. The van der Waals surface area contributed by atoms with Crippen LogP contribution in [0.3, 0.4) is 0 Å². The fourth-order valence-electron chi connectivity index (χ4n) is 2.57. The Morgan fingerprint density at radius 1 is 1.59 bits per heavy atom. The van der Waals surface area contributed by atoms with Crippen molar-refractivity contribution in [1.82, 2.24) is 10.2 Å². The van der Waals surface area contributed by atoms with E-state index in [9.17, 15) is 19.3 Å². The molecule has 1 aromatic carbocycles. The van der Waals surface area contributed by atoms with Gasteiger partial charge in [0, 0.05) is 31.3 Å². The Balaban J connectivity index is 1.93. The molecule has 0 saturated carbocycles. The number of carbonyl (C=O) groups is 1. The molecule has 1 amide bonds. The molecule has 1 aliphatic rings. The van der Waals surface area contributed by atoms with Crippen LogP contribution in [0.2, 0.25) is 0 Å². The quantitative estimate of drug-likeness (QED) is 0.633. The highest BCUT2D eigenvalue weighted by molar-refractivity contribution is 5.78. The topological polar surface area (TPSA) is 84.7 Å². The largest absolute Gasteiger partial charge is 0.484 e. The Bertz CT molecular complexity index is 567. The number of likely N-dealkylation sites (tertiary alicyclic amines) is 1. The lowest BCUT2D eigenvalue weighted by molar-refractivity contribution is -0.387. The summed E-state index contributed by atoms with van der Waals surface area (Å²) < 4.78 is 18.7. The third-order valence-electron chi connectivity index (χ3n) is 3.62. The van der Waals surface area contributed by atoms with Gasteiger partial charge in [-0.15, -0.1) is 0 Å². The molecule has 1 heterocycles. The minimum Gasteiger partial charge on any atom is -0.484 e. The third kappa shape index (κ3) is 3.70. The van der Waals surface area contributed by atoms with Crippen molar-refractivity contribution in [1.29, 1.82) is 0 Å². The first-order valence-electron chi connectivity index (χ1n) is 7.03. The van der Waals surface area contributed by atoms with Crippen molar-refractivity contribution in [2.45, 2.75) is 18.9 Å². The predicted molar refractivity (Wildman–Crippen MR) is 77.2 cm³/mol. The molecule has 7 nitrogen and oxygen atoms in total. The van der Waals surface area contributed by atoms with Crippen LogP contribution in [0.15, 0.2) is 18.2 Å². The summed E-state index contributed by atoms with van der Waals surface area (Å²) in [5, 5.41) is 13.6. The van der Waals surface area contributed by atoms with Crippen molar-refractivity contribution >= 4 is 11.6 Å². The van der Waals surface area contributed by atoms with E-state index in [0.717, 1.165) is 31.5 Å². The van der Waals surface area contributed by atoms with Crippen molar-refractivity contribution < 1.29 is 18.8 Å². The number of nitrogens with one attached hydrogen (secondary N) is 1. The highest BCUT2D eigenvalue weighted by Gasteiger charge is 2.28. The van der Waals surface area contributed by atoms with E-state index in [1.165, 1.54) is 6.07 Å². The maximum atomic E-state index is 13.5. The van der Waals surface area contributed by atoms with E-state index in [1.54, 1.807) is 4.90 Å². The van der Waals surface area contributed by atoms with Gasteiger partial charge in [-0.2, -0.15) is 4.39 Å². The van der Waals surface area contributed by atoms with Crippen molar-refractivity contribution in [3.8, 4) is 5.75 Å². The van der Waals surface area contributed by atoms with Crippen LogP contribution in [-0.2, 0) is 4.79 Å². The fourth-order valence-corrected chi connectivity index (χ4v) is 2.57. The number of nitro groups is 1. The molecule has 0 spiro atoms. The Hall–Kier alpha value is -2.22. The van der Waals surface area contributed by atoms with Crippen LogP contribution in [0, 0.1) is 15.9 Å². The number of amides is 1. The molecule has 1 aliphatic heterocycles. The zero-order valence-corrected chi connectivity index (χ0v) is 12.3.